The highest BCUT2D eigenvalue weighted by Gasteiger charge is 2.13. The average molecular weight is 336 g/mol. The Kier molecular flexibility index (Phi) is 4.98. The molecule has 0 aliphatic heterocycles. The van der Waals surface area contributed by atoms with Crippen molar-refractivity contribution in [2.45, 2.75) is 6.42 Å². The third-order valence-corrected chi connectivity index (χ3v) is 4.18. The molecule has 5 nitrogen and oxygen atoms in total. The van der Waals surface area contributed by atoms with Gasteiger partial charge in [-0.2, -0.15) is 5.10 Å². The van der Waals surface area contributed by atoms with Crippen molar-refractivity contribution in [2.24, 2.45) is 5.10 Å². The Morgan fingerprint density at radius 3 is 2.46 bits per heavy atom. The molecule has 3 aromatic rings. The number of carboxylic acids is 1. The molecule has 0 spiro atoms. The van der Waals surface area contributed by atoms with E-state index in [0.29, 0.717) is 15.7 Å². The van der Waals surface area contributed by atoms with E-state index in [4.69, 9.17) is 0 Å². The first-order valence-corrected chi connectivity index (χ1v) is 8.13. The molecule has 0 unspecified atom stereocenters. The van der Waals surface area contributed by atoms with Crippen LogP contribution in [-0.2, 0) is 11.2 Å². The molecule has 0 fully saturated rings. The molecule has 6 heteroatoms. The number of carbonyl (C=O) groups excluding carboxylic acids is 1. The summed E-state index contributed by atoms with van der Waals surface area (Å²) in [4.78, 5) is 16.1. The third-order valence-electron chi connectivity index (χ3n) is 3.22. The number of hydrogen-bond donors (Lipinski definition) is 1. The van der Waals surface area contributed by atoms with Crippen LogP contribution in [0.3, 0.4) is 0 Å². The fraction of sp³-hybridized carbons (Fsp3) is 0.0556. The minimum absolute atomic E-state index is 0.175. The maximum atomic E-state index is 11.0. The van der Waals surface area contributed by atoms with Crippen LogP contribution >= 0.6 is 11.3 Å². The lowest BCUT2D eigenvalue weighted by molar-refractivity contribution is -0.304. The zero-order chi connectivity index (χ0) is 16.8. The number of thiazole rings is 1. The number of benzene rings is 2. The number of hydrogen-bond acceptors (Lipinski definition) is 6. The Morgan fingerprint density at radius 2 is 1.79 bits per heavy atom. The molecule has 0 saturated carbocycles. The third kappa shape index (κ3) is 4.05. The quantitative estimate of drug-likeness (QED) is 0.554. The summed E-state index contributed by atoms with van der Waals surface area (Å²) in [5.41, 5.74) is 5.33. The van der Waals surface area contributed by atoms with Crippen molar-refractivity contribution in [3.63, 3.8) is 0 Å². The van der Waals surface area contributed by atoms with Crippen LogP contribution in [0.15, 0.2) is 65.8 Å². The first-order chi connectivity index (χ1) is 11.7. The van der Waals surface area contributed by atoms with Crippen molar-refractivity contribution in [1.29, 1.82) is 0 Å². The summed E-state index contributed by atoms with van der Waals surface area (Å²) < 4.78 is 0. The standard InChI is InChI=1S/C18H15N3O2S/c22-16(23)11-15-17(14-9-5-2-6-10-14)20-18(24-15)21-19-12-13-7-3-1-4-8-13/h1-10,12H,11H2,(H,20,21)(H,22,23)/p-1/b19-12-. The van der Waals surface area contributed by atoms with Crippen LogP contribution < -0.4 is 10.5 Å². The van der Waals surface area contributed by atoms with E-state index < -0.39 is 5.97 Å². The van der Waals surface area contributed by atoms with E-state index in [0.717, 1.165) is 11.1 Å². The largest absolute Gasteiger partial charge is 0.550 e. The van der Waals surface area contributed by atoms with Gasteiger partial charge in [0.05, 0.1) is 11.9 Å². The highest BCUT2D eigenvalue weighted by atomic mass is 32.1. The number of aromatic nitrogens is 1. The summed E-state index contributed by atoms with van der Waals surface area (Å²) in [6.07, 6.45) is 1.51. The van der Waals surface area contributed by atoms with Gasteiger partial charge in [0, 0.05) is 22.8 Å². The molecule has 0 aliphatic rings. The molecule has 0 amide bonds. The van der Waals surface area contributed by atoms with Crippen LogP contribution in [0.25, 0.3) is 11.3 Å². The second-order valence-corrected chi connectivity index (χ2v) is 6.07. The minimum Gasteiger partial charge on any atom is -0.550 e. The first kappa shape index (κ1) is 15.9. The smallest absolute Gasteiger partial charge is 0.204 e. The van der Waals surface area contributed by atoms with Gasteiger partial charge in [-0.15, -0.1) is 0 Å². The Bertz CT molecular complexity index is 845. The normalized spacial score (nSPS) is 10.8. The summed E-state index contributed by atoms with van der Waals surface area (Å²) >= 11 is 1.26. The molecule has 3 rings (SSSR count). The SMILES string of the molecule is O=C([O-])Cc1sc(N/N=C\c2ccccc2)nc1-c1ccccc1. The number of anilines is 1. The van der Waals surface area contributed by atoms with Gasteiger partial charge in [0.1, 0.15) is 0 Å². The van der Waals surface area contributed by atoms with Crippen LogP contribution in [0.5, 0.6) is 0 Å². The molecule has 0 aliphatic carbocycles. The molecule has 0 saturated heterocycles. The number of nitrogens with one attached hydrogen (secondary N) is 1. The second-order valence-electron chi connectivity index (χ2n) is 4.99. The lowest BCUT2D eigenvalue weighted by Gasteiger charge is -2.02. The molecule has 0 atom stereocenters. The van der Waals surface area contributed by atoms with Crippen molar-refractivity contribution in [2.75, 3.05) is 5.43 Å². The molecular formula is C18H14N3O2S-. The van der Waals surface area contributed by atoms with Gasteiger partial charge in [0.2, 0.25) is 5.13 Å². The molecule has 1 N–H and O–H groups in total. The van der Waals surface area contributed by atoms with Crippen molar-refractivity contribution >= 4 is 28.7 Å². The van der Waals surface area contributed by atoms with E-state index in [2.05, 4.69) is 15.5 Å². The maximum Gasteiger partial charge on any atom is 0.204 e. The fourth-order valence-electron chi connectivity index (χ4n) is 2.17. The van der Waals surface area contributed by atoms with Crippen molar-refractivity contribution in [3.8, 4) is 11.3 Å². The van der Waals surface area contributed by atoms with Crippen LogP contribution in [0.4, 0.5) is 5.13 Å². The summed E-state index contributed by atoms with van der Waals surface area (Å²) in [5, 5.41) is 15.7. The van der Waals surface area contributed by atoms with E-state index in [-0.39, 0.29) is 6.42 Å². The van der Waals surface area contributed by atoms with Gasteiger partial charge in [-0.1, -0.05) is 72.0 Å². The van der Waals surface area contributed by atoms with Gasteiger partial charge < -0.3 is 9.90 Å². The van der Waals surface area contributed by atoms with Gasteiger partial charge in [-0.3, -0.25) is 5.43 Å². The Morgan fingerprint density at radius 1 is 1.12 bits per heavy atom. The predicted molar refractivity (Wildman–Crippen MR) is 93.9 cm³/mol. The van der Waals surface area contributed by atoms with Gasteiger partial charge >= 0.3 is 0 Å². The number of carboxylic acid groups (broad SMARTS) is 1. The number of aliphatic carboxylic acids is 1. The van der Waals surface area contributed by atoms with E-state index in [1.165, 1.54) is 11.3 Å². The summed E-state index contributed by atoms with van der Waals surface area (Å²) in [7, 11) is 0. The van der Waals surface area contributed by atoms with Gasteiger partial charge in [0.25, 0.3) is 0 Å². The Balaban J connectivity index is 1.82. The monoisotopic (exact) mass is 336 g/mol. The summed E-state index contributed by atoms with van der Waals surface area (Å²) in [5.74, 6) is -1.13. The van der Waals surface area contributed by atoms with Crippen molar-refractivity contribution < 1.29 is 9.90 Å². The summed E-state index contributed by atoms with van der Waals surface area (Å²) in [6.45, 7) is 0. The topological polar surface area (TPSA) is 77.4 Å². The fourth-order valence-corrected chi connectivity index (χ4v) is 3.09. The second kappa shape index (κ2) is 7.52. The van der Waals surface area contributed by atoms with Gasteiger partial charge in [0.15, 0.2) is 0 Å². The summed E-state index contributed by atoms with van der Waals surface area (Å²) in [6, 6.07) is 19.1. The van der Waals surface area contributed by atoms with Crippen LogP contribution in [0.1, 0.15) is 10.4 Å². The zero-order valence-electron chi connectivity index (χ0n) is 12.7. The molecule has 2 aromatic carbocycles. The highest BCUT2D eigenvalue weighted by molar-refractivity contribution is 7.16. The Hall–Kier alpha value is -2.99. The van der Waals surface area contributed by atoms with E-state index in [1.807, 2.05) is 60.7 Å². The lowest BCUT2D eigenvalue weighted by atomic mass is 10.1. The predicted octanol–water partition coefficient (Wildman–Crippen LogP) is 2.55. The average Bonchev–Trinajstić information content (AvgIpc) is 2.98. The molecule has 1 aromatic heterocycles. The number of nitrogens with zero attached hydrogens (tertiary/aromatic N) is 2. The molecular weight excluding hydrogens is 322 g/mol. The first-order valence-electron chi connectivity index (χ1n) is 7.31. The van der Waals surface area contributed by atoms with Crippen molar-refractivity contribution in [1.82, 2.24) is 4.98 Å². The van der Waals surface area contributed by atoms with E-state index in [9.17, 15) is 9.90 Å². The van der Waals surface area contributed by atoms with E-state index in [1.54, 1.807) is 6.21 Å². The molecule has 1 heterocycles. The van der Waals surface area contributed by atoms with Crippen LogP contribution in [0.2, 0.25) is 0 Å². The van der Waals surface area contributed by atoms with E-state index >= 15 is 0 Å². The maximum absolute atomic E-state index is 11.0. The number of rotatable bonds is 6. The number of hydrazone groups is 1. The molecule has 120 valence electrons. The lowest BCUT2D eigenvalue weighted by Crippen LogP contribution is -2.24. The Labute approximate surface area is 143 Å². The van der Waals surface area contributed by atoms with Crippen LogP contribution in [-0.4, -0.2) is 17.2 Å². The van der Waals surface area contributed by atoms with Gasteiger partial charge in [-0.05, 0) is 5.56 Å². The van der Waals surface area contributed by atoms with Crippen molar-refractivity contribution in [3.05, 3.63) is 71.1 Å². The zero-order valence-corrected chi connectivity index (χ0v) is 13.5. The molecule has 0 bridgehead atoms. The minimum atomic E-state index is -1.13. The number of carbonyl (C=O) groups is 1. The highest BCUT2D eigenvalue weighted by Crippen LogP contribution is 2.31. The van der Waals surface area contributed by atoms with Gasteiger partial charge in [-0.25, -0.2) is 4.98 Å². The molecule has 0 radical (unpaired) electrons. The van der Waals surface area contributed by atoms with Crippen LogP contribution in [0, 0.1) is 0 Å². The molecule has 24 heavy (non-hydrogen) atoms.